The standard InChI is InChI=1S/C32H47NO5/c1-6-7-8-9-16-21-37-32(33(5)30(34)38-31(2,3)4)23-28(35-24-26-17-12-10-13-18-26)22-29(32)36-25-27-19-14-11-15-20-27/h10-15,17-20,28-29H,6-9,16,21-25H2,1-5H3/t28-,29+,32-/m0/s1. The molecule has 0 spiro atoms. The van der Waals surface area contributed by atoms with Crippen molar-refractivity contribution < 1.29 is 23.7 Å². The van der Waals surface area contributed by atoms with Crippen LogP contribution in [-0.2, 0) is 32.2 Å². The number of carbonyl (C=O) groups excluding carboxylic acids is 1. The molecule has 2 aromatic rings. The Balaban J connectivity index is 1.81. The van der Waals surface area contributed by atoms with E-state index >= 15 is 0 Å². The Morgan fingerprint density at radius 3 is 2.05 bits per heavy atom. The van der Waals surface area contributed by atoms with Gasteiger partial charge in [0.2, 0.25) is 0 Å². The molecule has 1 amide bonds. The van der Waals surface area contributed by atoms with E-state index in [0.29, 0.717) is 32.7 Å². The third-order valence-electron chi connectivity index (χ3n) is 6.96. The Labute approximate surface area is 229 Å². The second-order valence-electron chi connectivity index (χ2n) is 11.3. The van der Waals surface area contributed by atoms with Crippen LogP contribution in [0.4, 0.5) is 4.79 Å². The van der Waals surface area contributed by atoms with Crippen molar-refractivity contribution >= 4 is 6.09 Å². The van der Waals surface area contributed by atoms with Crippen LogP contribution in [-0.4, -0.2) is 48.2 Å². The third kappa shape index (κ3) is 9.11. The number of hydrogen-bond donors (Lipinski definition) is 0. The van der Waals surface area contributed by atoms with Crippen LogP contribution in [0.5, 0.6) is 0 Å². The summed E-state index contributed by atoms with van der Waals surface area (Å²) in [6.07, 6.45) is 5.88. The molecule has 3 rings (SSSR count). The van der Waals surface area contributed by atoms with E-state index in [-0.39, 0.29) is 12.2 Å². The maximum Gasteiger partial charge on any atom is 0.412 e. The molecule has 0 aliphatic heterocycles. The highest BCUT2D eigenvalue weighted by Gasteiger charge is 2.55. The fourth-order valence-electron chi connectivity index (χ4n) is 4.89. The Morgan fingerprint density at radius 1 is 0.895 bits per heavy atom. The Hall–Kier alpha value is -2.41. The highest BCUT2D eigenvalue weighted by Crippen LogP contribution is 2.41. The number of rotatable bonds is 14. The molecule has 1 saturated carbocycles. The van der Waals surface area contributed by atoms with E-state index in [9.17, 15) is 4.79 Å². The summed E-state index contributed by atoms with van der Waals surface area (Å²) in [6.45, 7) is 9.33. The summed E-state index contributed by atoms with van der Waals surface area (Å²) < 4.78 is 25.4. The molecule has 1 aliphatic carbocycles. The molecule has 38 heavy (non-hydrogen) atoms. The summed E-state index contributed by atoms with van der Waals surface area (Å²) in [4.78, 5) is 15.0. The van der Waals surface area contributed by atoms with Crippen LogP contribution in [0.25, 0.3) is 0 Å². The topological polar surface area (TPSA) is 57.2 Å². The summed E-state index contributed by atoms with van der Waals surface area (Å²) in [5.41, 5.74) is 0.594. The minimum absolute atomic E-state index is 0.124. The zero-order valence-corrected chi connectivity index (χ0v) is 24.0. The van der Waals surface area contributed by atoms with Crippen LogP contribution in [0.1, 0.15) is 83.8 Å². The minimum Gasteiger partial charge on any atom is -0.444 e. The van der Waals surface area contributed by atoms with Gasteiger partial charge in [0.05, 0.1) is 19.3 Å². The van der Waals surface area contributed by atoms with Gasteiger partial charge in [0.15, 0.2) is 5.72 Å². The first kappa shape index (κ1) is 30.1. The normalized spacial score (nSPS) is 21.4. The smallest absolute Gasteiger partial charge is 0.412 e. The lowest BCUT2D eigenvalue weighted by Crippen LogP contribution is -2.58. The molecule has 6 heteroatoms. The molecule has 3 atom stereocenters. The van der Waals surface area contributed by atoms with E-state index in [2.05, 4.69) is 19.1 Å². The lowest BCUT2D eigenvalue weighted by atomic mass is 10.1. The SMILES string of the molecule is CCCCCCCO[C@@]1(N(C)C(=O)OC(C)(C)C)C[C@@H](OCc2ccccc2)C[C@H]1OCc1ccccc1. The molecular weight excluding hydrogens is 478 g/mol. The molecule has 0 aromatic heterocycles. The Bertz CT molecular complexity index is 945. The molecule has 6 nitrogen and oxygen atoms in total. The van der Waals surface area contributed by atoms with Crippen molar-refractivity contribution in [3.8, 4) is 0 Å². The molecular formula is C32H47NO5. The maximum absolute atomic E-state index is 13.4. The summed E-state index contributed by atoms with van der Waals surface area (Å²) in [5, 5.41) is 0. The van der Waals surface area contributed by atoms with Gasteiger partial charge in [-0.1, -0.05) is 93.3 Å². The number of unbranched alkanes of at least 4 members (excludes halogenated alkanes) is 4. The van der Waals surface area contributed by atoms with Gasteiger partial charge in [0.25, 0.3) is 0 Å². The van der Waals surface area contributed by atoms with E-state index in [0.717, 1.165) is 24.0 Å². The fraction of sp³-hybridized carbons (Fsp3) is 0.594. The van der Waals surface area contributed by atoms with Gasteiger partial charge in [0, 0.05) is 26.5 Å². The molecule has 1 aliphatic rings. The summed E-state index contributed by atoms with van der Waals surface area (Å²) >= 11 is 0. The molecule has 210 valence electrons. The lowest BCUT2D eigenvalue weighted by Gasteiger charge is -2.42. The van der Waals surface area contributed by atoms with E-state index in [1.165, 1.54) is 19.3 Å². The van der Waals surface area contributed by atoms with Crippen LogP contribution in [0.3, 0.4) is 0 Å². The number of amides is 1. The number of benzene rings is 2. The van der Waals surface area contributed by atoms with Crippen molar-refractivity contribution in [2.24, 2.45) is 0 Å². The van der Waals surface area contributed by atoms with Crippen molar-refractivity contribution in [1.82, 2.24) is 4.90 Å². The molecule has 0 N–H and O–H groups in total. The predicted molar refractivity (Wildman–Crippen MR) is 151 cm³/mol. The molecule has 2 aromatic carbocycles. The van der Waals surface area contributed by atoms with Crippen LogP contribution in [0, 0.1) is 0 Å². The van der Waals surface area contributed by atoms with E-state index < -0.39 is 17.4 Å². The molecule has 0 radical (unpaired) electrons. The highest BCUT2D eigenvalue weighted by atomic mass is 16.6. The quantitative estimate of drug-likeness (QED) is 0.189. The van der Waals surface area contributed by atoms with Crippen LogP contribution < -0.4 is 0 Å². The van der Waals surface area contributed by atoms with Crippen molar-refractivity contribution in [2.75, 3.05) is 13.7 Å². The molecule has 0 saturated heterocycles. The van der Waals surface area contributed by atoms with Gasteiger partial charge < -0.3 is 18.9 Å². The van der Waals surface area contributed by atoms with Gasteiger partial charge >= 0.3 is 6.09 Å². The first-order valence-corrected chi connectivity index (χ1v) is 14.2. The first-order valence-electron chi connectivity index (χ1n) is 14.2. The van der Waals surface area contributed by atoms with Crippen LogP contribution in [0.15, 0.2) is 60.7 Å². The summed E-state index contributed by atoms with van der Waals surface area (Å²) in [5.74, 6) is 0. The average molecular weight is 526 g/mol. The van der Waals surface area contributed by atoms with Gasteiger partial charge in [-0.2, -0.15) is 0 Å². The van der Waals surface area contributed by atoms with Gasteiger partial charge in [-0.05, 0) is 38.3 Å². The molecule has 1 fully saturated rings. The first-order chi connectivity index (χ1) is 18.2. The van der Waals surface area contributed by atoms with Gasteiger partial charge in [-0.15, -0.1) is 0 Å². The minimum atomic E-state index is -0.983. The van der Waals surface area contributed by atoms with Gasteiger partial charge in [-0.25, -0.2) is 4.79 Å². The van der Waals surface area contributed by atoms with Gasteiger partial charge in [0.1, 0.15) is 11.7 Å². The lowest BCUT2D eigenvalue weighted by molar-refractivity contribution is -0.203. The number of hydrogen-bond acceptors (Lipinski definition) is 5. The number of ether oxygens (including phenoxy) is 4. The van der Waals surface area contributed by atoms with Crippen molar-refractivity contribution in [3.63, 3.8) is 0 Å². The molecule has 0 bridgehead atoms. The van der Waals surface area contributed by atoms with E-state index in [1.54, 1.807) is 11.9 Å². The predicted octanol–water partition coefficient (Wildman–Crippen LogP) is 7.50. The van der Waals surface area contributed by atoms with Crippen molar-refractivity contribution in [3.05, 3.63) is 71.8 Å². The van der Waals surface area contributed by atoms with Gasteiger partial charge in [-0.3, -0.25) is 4.90 Å². The highest BCUT2D eigenvalue weighted by molar-refractivity contribution is 5.69. The van der Waals surface area contributed by atoms with Crippen molar-refractivity contribution in [2.45, 2.75) is 109 Å². The average Bonchev–Trinajstić information content (AvgIpc) is 3.26. The maximum atomic E-state index is 13.4. The van der Waals surface area contributed by atoms with Crippen LogP contribution in [0.2, 0.25) is 0 Å². The monoisotopic (exact) mass is 525 g/mol. The number of likely N-dealkylation sites (N-methyl/N-ethyl adjacent to an activating group) is 1. The third-order valence-corrected chi connectivity index (χ3v) is 6.96. The zero-order chi connectivity index (χ0) is 27.4. The number of nitrogens with zero attached hydrogens (tertiary/aromatic N) is 1. The van der Waals surface area contributed by atoms with Crippen LogP contribution >= 0.6 is 0 Å². The van der Waals surface area contributed by atoms with E-state index in [1.807, 2.05) is 69.3 Å². The second-order valence-corrected chi connectivity index (χ2v) is 11.3. The molecule has 0 heterocycles. The summed E-state index contributed by atoms with van der Waals surface area (Å²) in [6, 6.07) is 20.3. The van der Waals surface area contributed by atoms with E-state index in [4.69, 9.17) is 18.9 Å². The Kier molecular flexibility index (Phi) is 11.6. The fourth-order valence-corrected chi connectivity index (χ4v) is 4.89. The zero-order valence-electron chi connectivity index (χ0n) is 24.0. The second kappa shape index (κ2) is 14.7. The van der Waals surface area contributed by atoms with Crippen molar-refractivity contribution in [1.29, 1.82) is 0 Å². The largest absolute Gasteiger partial charge is 0.444 e. The summed E-state index contributed by atoms with van der Waals surface area (Å²) in [7, 11) is 1.77. The molecule has 0 unspecified atom stereocenters. The Morgan fingerprint density at radius 2 is 1.47 bits per heavy atom. The number of carbonyl (C=O) groups is 1.